The summed E-state index contributed by atoms with van der Waals surface area (Å²) in [4.78, 5) is 34.2. The third-order valence-corrected chi connectivity index (χ3v) is 2.48. The number of halogens is 4. The Hall–Kier alpha value is -2.71. The Labute approximate surface area is 114 Å². The molecule has 0 unspecified atom stereocenters. The van der Waals surface area contributed by atoms with Gasteiger partial charge < -0.3 is 4.74 Å². The Bertz CT molecular complexity index is 642. The minimum Gasteiger partial charge on any atom is -0.419 e. The average Bonchev–Trinajstić information content (AvgIpc) is 2.73. The van der Waals surface area contributed by atoms with Crippen LogP contribution in [0.5, 0.6) is 5.75 Å². The molecule has 21 heavy (non-hydrogen) atoms. The van der Waals surface area contributed by atoms with Crippen molar-refractivity contribution in [1.29, 1.82) is 0 Å². The van der Waals surface area contributed by atoms with E-state index < -0.39 is 53.3 Å². The van der Waals surface area contributed by atoms with E-state index in [0.29, 0.717) is 4.90 Å². The van der Waals surface area contributed by atoms with Crippen LogP contribution in [-0.4, -0.2) is 29.2 Å². The molecule has 0 spiro atoms. The van der Waals surface area contributed by atoms with E-state index in [1.807, 2.05) is 0 Å². The lowest BCUT2D eigenvalue weighted by Crippen LogP contribution is -2.37. The molecule has 0 N–H and O–H groups in total. The molecule has 1 aliphatic heterocycles. The molecule has 1 aromatic rings. The summed E-state index contributed by atoms with van der Waals surface area (Å²) in [6, 6.07) is -0.0561. The number of nitrogens with zero attached hydrogens (tertiary/aromatic N) is 1. The van der Waals surface area contributed by atoms with E-state index in [1.54, 1.807) is 0 Å². The van der Waals surface area contributed by atoms with E-state index in [9.17, 15) is 31.9 Å². The second-order valence-electron chi connectivity index (χ2n) is 3.87. The van der Waals surface area contributed by atoms with Crippen molar-refractivity contribution in [2.45, 2.75) is 0 Å². The summed E-state index contributed by atoms with van der Waals surface area (Å²) < 4.78 is 56.5. The predicted molar refractivity (Wildman–Crippen MR) is 57.8 cm³/mol. The number of amides is 2. The molecule has 5 nitrogen and oxygen atoms in total. The number of benzene rings is 1. The smallest absolute Gasteiger partial charge is 0.331 e. The second-order valence-corrected chi connectivity index (χ2v) is 3.87. The molecule has 0 radical (unpaired) electrons. The first-order valence-corrected chi connectivity index (χ1v) is 5.38. The zero-order valence-corrected chi connectivity index (χ0v) is 10.0. The van der Waals surface area contributed by atoms with Gasteiger partial charge >= 0.3 is 5.97 Å². The van der Waals surface area contributed by atoms with Gasteiger partial charge in [-0.25, -0.2) is 13.6 Å². The highest BCUT2D eigenvalue weighted by Crippen LogP contribution is 2.26. The highest BCUT2D eigenvalue weighted by molar-refractivity contribution is 6.14. The maximum Gasteiger partial charge on any atom is 0.331 e. The van der Waals surface area contributed by atoms with Crippen molar-refractivity contribution in [2.75, 3.05) is 6.54 Å². The van der Waals surface area contributed by atoms with E-state index >= 15 is 0 Å². The van der Waals surface area contributed by atoms with Crippen LogP contribution < -0.4 is 4.74 Å². The average molecular weight is 303 g/mol. The molecular weight excluding hydrogens is 298 g/mol. The van der Waals surface area contributed by atoms with Crippen LogP contribution >= 0.6 is 0 Å². The van der Waals surface area contributed by atoms with Crippen molar-refractivity contribution in [1.82, 2.24) is 4.90 Å². The van der Waals surface area contributed by atoms with E-state index in [2.05, 4.69) is 4.74 Å². The van der Waals surface area contributed by atoms with Crippen LogP contribution in [-0.2, 0) is 14.4 Å². The van der Waals surface area contributed by atoms with Crippen molar-refractivity contribution >= 4 is 17.8 Å². The molecular formula is C12H5F4NO4. The number of esters is 1. The van der Waals surface area contributed by atoms with Crippen LogP contribution in [0.1, 0.15) is 0 Å². The molecule has 0 saturated carbocycles. The molecule has 2 rings (SSSR count). The largest absolute Gasteiger partial charge is 0.419 e. The normalized spacial score (nSPS) is 14.0. The molecule has 1 heterocycles. The van der Waals surface area contributed by atoms with Crippen molar-refractivity contribution in [2.24, 2.45) is 0 Å². The number of imide groups is 1. The lowest BCUT2D eigenvalue weighted by molar-refractivity contribution is -0.146. The van der Waals surface area contributed by atoms with Crippen molar-refractivity contribution < 1.29 is 36.7 Å². The number of carbonyl (C=O) groups is 3. The van der Waals surface area contributed by atoms with Crippen LogP contribution in [0.2, 0.25) is 0 Å². The van der Waals surface area contributed by atoms with Crippen LogP contribution in [0.4, 0.5) is 17.6 Å². The summed E-state index contributed by atoms with van der Waals surface area (Å²) in [5.74, 6) is -12.0. The van der Waals surface area contributed by atoms with Crippen LogP contribution in [0.25, 0.3) is 0 Å². The first-order valence-electron chi connectivity index (χ1n) is 5.38. The third kappa shape index (κ3) is 2.76. The van der Waals surface area contributed by atoms with Crippen molar-refractivity contribution in [3.8, 4) is 5.75 Å². The monoisotopic (exact) mass is 303 g/mol. The summed E-state index contributed by atoms with van der Waals surface area (Å²) in [5, 5.41) is 0. The number of ether oxygens (including phenoxy) is 1. The third-order valence-electron chi connectivity index (χ3n) is 2.48. The summed E-state index contributed by atoms with van der Waals surface area (Å²) in [7, 11) is 0. The molecule has 2 amide bonds. The first kappa shape index (κ1) is 14.7. The molecule has 0 fully saturated rings. The van der Waals surface area contributed by atoms with Gasteiger partial charge in [-0.2, -0.15) is 8.78 Å². The quantitative estimate of drug-likeness (QED) is 0.275. The summed E-state index contributed by atoms with van der Waals surface area (Å²) in [6.45, 7) is -0.957. The summed E-state index contributed by atoms with van der Waals surface area (Å²) >= 11 is 0. The van der Waals surface area contributed by atoms with E-state index in [4.69, 9.17) is 0 Å². The highest BCUT2D eigenvalue weighted by Gasteiger charge is 2.28. The SMILES string of the molecule is O=C(CN1C(=O)C=CC1=O)Oc1c(F)c(F)cc(F)c1F. The standard InChI is InChI=1S/C12H5F4NO4/c13-5-3-6(14)11(16)12(10(5)15)21-9(20)4-17-7(18)1-2-8(17)19/h1-3H,4H2. The van der Waals surface area contributed by atoms with Crippen LogP contribution in [0, 0.1) is 23.3 Å². The van der Waals surface area contributed by atoms with Gasteiger partial charge in [0.05, 0.1) is 0 Å². The van der Waals surface area contributed by atoms with Gasteiger partial charge in [0.1, 0.15) is 6.54 Å². The number of hydrogen-bond donors (Lipinski definition) is 0. The molecule has 1 aliphatic rings. The van der Waals surface area contributed by atoms with Crippen LogP contribution in [0.3, 0.4) is 0 Å². The van der Waals surface area contributed by atoms with Crippen molar-refractivity contribution in [3.05, 3.63) is 41.5 Å². The highest BCUT2D eigenvalue weighted by atomic mass is 19.2. The van der Waals surface area contributed by atoms with Gasteiger partial charge in [-0.1, -0.05) is 0 Å². The Morgan fingerprint density at radius 3 is 1.95 bits per heavy atom. The van der Waals surface area contributed by atoms with Gasteiger partial charge in [0.2, 0.25) is 17.4 Å². The van der Waals surface area contributed by atoms with Gasteiger partial charge in [0.15, 0.2) is 11.6 Å². The zero-order valence-electron chi connectivity index (χ0n) is 10.0. The molecule has 0 aromatic heterocycles. The lowest BCUT2D eigenvalue weighted by atomic mass is 10.3. The van der Waals surface area contributed by atoms with Gasteiger partial charge in [-0.3, -0.25) is 14.5 Å². The lowest BCUT2D eigenvalue weighted by Gasteiger charge is -2.13. The fraction of sp³-hybridized carbons (Fsp3) is 0.0833. The van der Waals surface area contributed by atoms with Gasteiger partial charge in [0, 0.05) is 18.2 Å². The van der Waals surface area contributed by atoms with Gasteiger partial charge in [-0.15, -0.1) is 0 Å². The predicted octanol–water partition coefficient (Wildman–Crippen LogP) is 1.07. The topological polar surface area (TPSA) is 63.7 Å². The van der Waals surface area contributed by atoms with Gasteiger partial charge in [0.25, 0.3) is 11.8 Å². The Balaban J connectivity index is 2.17. The van der Waals surface area contributed by atoms with E-state index in [-0.39, 0.29) is 6.07 Å². The Kier molecular flexibility index (Phi) is 3.74. The molecule has 0 aliphatic carbocycles. The summed E-state index contributed by atoms with van der Waals surface area (Å²) in [5.41, 5.74) is 0. The molecule has 110 valence electrons. The first-order chi connectivity index (χ1) is 9.81. The minimum absolute atomic E-state index is 0.0561. The molecule has 0 saturated heterocycles. The Morgan fingerprint density at radius 2 is 1.48 bits per heavy atom. The van der Waals surface area contributed by atoms with E-state index in [1.165, 1.54) is 0 Å². The van der Waals surface area contributed by atoms with E-state index in [0.717, 1.165) is 12.2 Å². The zero-order chi connectivity index (χ0) is 15.7. The molecule has 0 atom stereocenters. The maximum absolute atomic E-state index is 13.3. The number of carbonyl (C=O) groups excluding carboxylic acids is 3. The summed E-state index contributed by atoms with van der Waals surface area (Å²) in [6.07, 6.45) is 1.75. The molecule has 9 heteroatoms. The van der Waals surface area contributed by atoms with Crippen LogP contribution in [0.15, 0.2) is 18.2 Å². The second kappa shape index (κ2) is 5.35. The Morgan fingerprint density at radius 1 is 1.00 bits per heavy atom. The maximum atomic E-state index is 13.3. The number of hydrogen-bond acceptors (Lipinski definition) is 4. The fourth-order valence-electron chi connectivity index (χ4n) is 1.50. The minimum atomic E-state index is -1.90. The molecule has 1 aromatic carbocycles. The molecule has 0 bridgehead atoms. The van der Waals surface area contributed by atoms with Crippen molar-refractivity contribution in [3.63, 3.8) is 0 Å². The fourth-order valence-corrected chi connectivity index (χ4v) is 1.50. The van der Waals surface area contributed by atoms with Gasteiger partial charge in [-0.05, 0) is 0 Å². The number of rotatable bonds is 3.